The highest BCUT2D eigenvalue weighted by molar-refractivity contribution is 9.09. The fraction of sp³-hybridized carbons (Fsp3) is 0.467. The molecule has 0 spiro atoms. The number of aryl methyl sites for hydroxylation is 1. The zero-order valence-corrected chi connectivity index (χ0v) is 13.3. The van der Waals surface area contributed by atoms with Gasteiger partial charge in [-0.15, -0.1) is 0 Å². The Balaban J connectivity index is 1.81. The molecule has 1 amide bonds. The highest BCUT2D eigenvalue weighted by Crippen LogP contribution is 2.33. The molecule has 1 aromatic carbocycles. The molecule has 1 aliphatic carbocycles. The van der Waals surface area contributed by atoms with Crippen molar-refractivity contribution in [2.24, 2.45) is 13.0 Å². The number of rotatable bonds is 3. The maximum Gasteiger partial charge on any atom is 0.274 e. The van der Waals surface area contributed by atoms with Crippen molar-refractivity contribution in [2.75, 3.05) is 13.6 Å². The number of amides is 1. The molecule has 1 fully saturated rings. The predicted molar refractivity (Wildman–Crippen MR) is 83.1 cm³/mol. The Labute approximate surface area is 126 Å². The molecule has 1 aliphatic rings. The van der Waals surface area contributed by atoms with Crippen LogP contribution >= 0.6 is 15.9 Å². The van der Waals surface area contributed by atoms with Crippen molar-refractivity contribution in [3.8, 4) is 0 Å². The first-order chi connectivity index (χ1) is 9.56. The van der Waals surface area contributed by atoms with Crippen LogP contribution in [0, 0.1) is 5.92 Å². The summed E-state index contributed by atoms with van der Waals surface area (Å²) in [6.45, 7) is 0.811. The van der Waals surface area contributed by atoms with Gasteiger partial charge in [0, 0.05) is 30.9 Å². The smallest absolute Gasteiger partial charge is 0.274 e. The molecular formula is C15H18BrN3O. The van der Waals surface area contributed by atoms with E-state index in [1.54, 1.807) is 9.58 Å². The van der Waals surface area contributed by atoms with Gasteiger partial charge in [0.25, 0.3) is 5.91 Å². The minimum absolute atomic E-state index is 0.0137. The van der Waals surface area contributed by atoms with Gasteiger partial charge in [-0.05, 0) is 24.8 Å². The van der Waals surface area contributed by atoms with Crippen molar-refractivity contribution in [1.29, 1.82) is 0 Å². The van der Waals surface area contributed by atoms with Gasteiger partial charge >= 0.3 is 0 Å². The summed E-state index contributed by atoms with van der Waals surface area (Å²) in [7, 11) is 3.74. The number of benzene rings is 1. The van der Waals surface area contributed by atoms with Crippen molar-refractivity contribution in [3.05, 3.63) is 30.0 Å². The zero-order valence-electron chi connectivity index (χ0n) is 11.7. The summed E-state index contributed by atoms with van der Waals surface area (Å²) in [5.74, 6) is 0.628. The average Bonchev–Trinajstić information content (AvgIpc) is 2.74. The van der Waals surface area contributed by atoms with Crippen LogP contribution in [-0.4, -0.2) is 39.0 Å². The molecule has 0 aliphatic heterocycles. The number of hydrogen-bond acceptors (Lipinski definition) is 2. The summed E-state index contributed by atoms with van der Waals surface area (Å²) < 4.78 is 1.77. The van der Waals surface area contributed by atoms with Crippen molar-refractivity contribution < 1.29 is 4.79 Å². The summed E-state index contributed by atoms with van der Waals surface area (Å²) in [6.07, 6.45) is 2.31. The van der Waals surface area contributed by atoms with Gasteiger partial charge in [-0.3, -0.25) is 9.48 Å². The third kappa shape index (κ3) is 2.35. The Bertz CT molecular complexity index is 646. The number of carbonyl (C=O) groups excluding carboxylic acids is 1. The maximum atomic E-state index is 12.6. The Morgan fingerprint density at radius 3 is 2.85 bits per heavy atom. The Kier molecular flexibility index (Phi) is 3.54. The van der Waals surface area contributed by atoms with Gasteiger partial charge in [0.05, 0.1) is 5.52 Å². The van der Waals surface area contributed by atoms with E-state index in [-0.39, 0.29) is 5.91 Å². The molecule has 5 heteroatoms. The summed E-state index contributed by atoms with van der Waals surface area (Å²) >= 11 is 3.59. The fourth-order valence-corrected chi connectivity index (χ4v) is 3.88. The van der Waals surface area contributed by atoms with Crippen LogP contribution in [0.25, 0.3) is 10.9 Å². The van der Waals surface area contributed by atoms with E-state index in [9.17, 15) is 4.79 Å². The first-order valence-electron chi connectivity index (χ1n) is 6.87. The Morgan fingerprint density at radius 2 is 2.15 bits per heavy atom. The van der Waals surface area contributed by atoms with Crippen molar-refractivity contribution >= 4 is 32.7 Å². The second kappa shape index (κ2) is 5.20. The normalized spacial score (nSPS) is 21.8. The molecule has 1 saturated carbocycles. The molecule has 0 unspecified atom stereocenters. The van der Waals surface area contributed by atoms with E-state index in [2.05, 4.69) is 21.0 Å². The summed E-state index contributed by atoms with van der Waals surface area (Å²) in [6, 6.07) is 7.86. The molecule has 0 saturated heterocycles. The Hall–Kier alpha value is -1.36. The van der Waals surface area contributed by atoms with Gasteiger partial charge in [-0.25, -0.2) is 0 Å². The molecule has 3 rings (SSSR count). The third-order valence-corrected chi connectivity index (χ3v) is 4.76. The highest BCUT2D eigenvalue weighted by atomic mass is 79.9. The van der Waals surface area contributed by atoms with E-state index in [0.717, 1.165) is 30.3 Å². The summed E-state index contributed by atoms with van der Waals surface area (Å²) in [5.41, 5.74) is 1.55. The van der Waals surface area contributed by atoms with Crippen LogP contribution in [0.1, 0.15) is 23.3 Å². The lowest BCUT2D eigenvalue weighted by molar-refractivity contribution is 0.0744. The highest BCUT2D eigenvalue weighted by Gasteiger charge is 2.29. The lowest BCUT2D eigenvalue weighted by atomic mass is 9.85. The number of fused-ring (bicyclic) bond motifs is 1. The van der Waals surface area contributed by atoms with Gasteiger partial charge in [-0.2, -0.15) is 5.10 Å². The van der Waals surface area contributed by atoms with Crippen LogP contribution in [0.3, 0.4) is 0 Å². The molecule has 20 heavy (non-hydrogen) atoms. The topological polar surface area (TPSA) is 38.1 Å². The monoisotopic (exact) mass is 335 g/mol. The van der Waals surface area contributed by atoms with Crippen molar-refractivity contribution in [2.45, 2.75) is 17.7 Å². The number of alkyl halides is 1. The molecule has 2 aromatic rings. The number of carbonyl (C=O) groups is 1. The second-order valence-corrected chi connectivity index (χ2v) is 6.90. The molecule has 4 nitrogen and oxygen atoms in total. The Morgan fingerprint density at radius 1 is 1.45 bits per heavy atom. The van der Waals surface area contributed by atoms with Crippen LogP contribution in [0.4, 0.5) is 0 Å². The zero-order chi connectivity index (χ0) is 14.3. The quantitative estimate of drug-likeness (QED) is 0.809. The van der Waals surface area contributed by atoms with E-state index in [0.29, 0.717) is 16.4 Å². The standard InChI is InChI=1S/C15H18BrN3O/c1-18(9-10-7-11(16)8-10)15(20)14-12-5-3-4-6-13(12)19(2)17-14/h3-6,10-11H,7-9H2,1-2H3. The number of aromatic nitrogens is 2. The maximum absolute atomic E-state index is 12.6. The molecule has 106 valence electrons. The van der Waals surface area contributed by atoms with Gasteiger partial charge in [0.2, 0.25) is 0 Å². The van der Waals surface area contributed by atoms with Crippen molar-refractivity contribution in [3.63, 3.8) is 0 Å². The summed E-state index contributed by atoms with van der Waals surface area (Å²) in [5, 5.41) is 5.32. The molecule has 0 N–H and O–H groups in total. The van der Waals surface area contributed by atoms with Crippen LogP contribution in [0.5, 0.6) is 0 Å². The lowest BCUT2D eigenvalue weighted by Gasteiger charge is -2.34. The molecule has 0 radical (unpaired) electrons. The number of nitrogens with zero attached hydrogens (tertiary/aromatic N) is 3. The minimum atomic E-state index is 0.0137. The number of hydrogen-bond donors (Lipinski definition) is 0. The van der Waals surface area contributed by atoms with E-state index >= 15 is 0 Å². The van der Waals surface area contributed by atoms with Crippen molar-refractivity contribution in [1.82, 2.24) is 14.7 Å². The molecule has 0 bridgehead atoms. The summed E-state index contributed by atoms with van der Waals surface area (Å²) in [4.78, 5) is 15.0. The molecular weight excluding hydrogens is 318 g/mol. The SMILES string of the molecule is CN(CC1CC(Br)C1)C(=O)c1nn(C)c2ccccc12. The predicted octanol–water partition coefficient (Wildman–Crippen LogP) is 2.82. The van der Waals surface area contributed by atoms with E-state index in [1.807, 2.05) is 38.4 Å². The molecule has 0 atom stereocenters. The first-order valence-corrected chi connectivity index (χ1v) is 7.79. The van der Waals surface area contributed by atoms with Gasteiger partial charge < -0.3 is 4.90 Å². The third-order valence-electron chi connectivity index (χ3n) is 4.02. The van der Waals surface area contributed by atoms with Crippen LogP contribution in [0.2, 0.25) is 0 Å². The van der Waals surface area contributed by atoms with Gasteiger partial charge in [-0.1, -0.05) is 34.1 Å². The lowest BCUT2D eigenvalue weighted by Crippen LogP contribution is -2.38. The van der Waals surface area contributed by atoms with Crippen LogP contribution in [-0.2, 0) is 7.05 Å². The molecule has 1 aromatic heterocycles. The van der Waals surface area contributed by atoms with Gasteiger partial charge in [0.1, 0.15) is 0 Å². The average molecular weight is 336 g/mol. The molecule has 1 heterocycles. The van der Waals surface area contributed by atoms with Crippen LogP contribution < -0.4 is 0 Å². The largest absolute Gasteiger partial charge is 0.340 e. The van der Waals surface area contributed by atoms with Crippen LogP contribution in [0.15, 0.2) is 24.3 Å². The minimum Gasteiger partial charge on any atom is -0.340 e. The first kappa shape index (κ1) is 13.6. The number of para-hydroxylation sites is 1. The van der Waals surface area contributed by atoms with Gasteiger partial charge in [0.15, 0.2) is 5.69 Å². The van der Waals surface area contributed by atoms with E-state index in [1.165, 1.54) is 0 Å². The van der Waals surface area contributed by atoms with E-state index in [4.69, 9.17) is 0 Å². The number of halogens is 1. The second-order valence-electron chi connectivity index (χ2n) is 5.61. The fourth-order valence-electron chi connectivity index (χ4n) is 2.83. The van der Waals surface area contributed by atoms with E-state index < -0.39 is 0 Å².